The van der Waals surface area contributed by atoms with Gasteiger partial charge in [0.15, 0.2) is 0 Å². The number of ether oxygens (including phenoxy) is 2. The minimum Gasteiger partial charge on any atom is -0.465 e. The summed E-state index contributed by atoms with van der Waals surface area (Å²) in [6.07, 6.45) is 0.172. The molecule has 110 valence electrons. The van der Waals surface area contributed by atoms with Crippen LogP contribution in [0.3, 0.4) is 0 Å². The van der Waals surface area contributed by atoms with Crippen molar-refractivity contribution in [2.24, 2.45) is 0 Å². The van der Waals surface area contributed by atoms with Crippen molar-refractivity contribution in [1.29, 1.82) is 0 Å². The van der Waals surface area contributed by atoms with Crippen LogP contribution in [0, 0.1) is 0 Å². The number of methoxy groups -OCH3 is 1. The van der Waals surface area contributed by atoms with E-state index in [1.165, 1.54) is 7.11 Å². The highest BCUT2D eigenvalue weighted by molar-refractivity contribution is 5.89. The van der Waals surface area contributed by atoms with Gasteiger partial charge >= 0.3 is 12.1 Å². The van der Waals surface area contributed by atoms with Crippen molar-refractivity contribution in [3.8, 4) is 0 Å². The third-order valence-electron chi connectivity index (χ3n) is 2.43. The summed E-state index contributed by atoms with van der Waals surface area (Å²) >= 11 is 0. The number of carbonyl (C=O) groups excluding carboxylic acids is 2. The van der Waals surface area contributed by atoms with Gasteiger partial charge in [0, 0.05) is 6.54 Å². The molecule has 1 aromatic carbocycles. The molecule has 20 heavy (non-hydrogen) atoms. The second kappa shape index (κ2) is 6.93. The molecule has 0 bridgehead atoms. The van der Waals surface area contributed by atoms with E-state index in [1.54, 1.807) is 18.2 Å². The van der Waals surface area contributed by atoms with Crippen molar-refractivity contribution in [3.63, 3.8) is 0 Å². The predicted molar refractivity (Wildman–Crippen MR) is 75.7 cm³/mol. The zero-order valence-electron chi connectivity index (χ0n) is 12.4. The number of hydrogen-bond acceptors (Lipinski definition) is 4. The van der Waals surface area contributed by atoms with E-state index in [0.29, 0.717) is 18.5 Å². The fraction of sp³-hybridized carbons (Fsp3) is 0.467. The first-order valence-electron chi connectivity index (χ1n) is 6.46. The smallest absolute Gasteiger partial charge is 0.407 e. The van der Waals surface area contributed by atoms with E-state index in [2.05, 4.69) is 10.1 Å². The lowest BCUT2D eigenvalue weighted by Crippen LogP contribution is -2.33. The van der Waals surface area contributed by atoms with Gasteiger partial charge in [0.1, 0.15) is 5.60 Å². The summed E-state index contributed by atoms with van der Waals surface area (Å²) in [5.41, 5.74) is 0.945. The standard InChI is InChI=1S/C15H21NO4/c1-15(2,3)20-14(18)16-9-8-11-6-5-7-12(10-11)13(17)19-4/h5-7,10H,8-9H2,1-4H3,(H,16,18). The van der Waals surface area contributed by atoms with Crippen LogP contribution in [0.15, 0.2) is 24.3 Å². The Morgan fingerprint density at radius 1 is 1.25 bits per heavy atom. The van der Waals surface area contributed by atoms with Gasteiger partial charge in [-0.1, -0.05) is 12.1 Å². The lowest BCUT2D eigenvalue weighted by atomic mass is 10.1. The molecule has 1 rings (SSSR count). The van der Waals surface area contributed by atoms with E-state index < -0.39 is 11.7 Å². The molecule has 0 unspecified atom stereocenters. The van der Waals surface area contributed by atoms with Gasteiger partial charge < -0.3 is 14.8 Å². The maximum atomic E-state index is 11.5. The Labute approximate surface area is 119 Å². The van der Waals surface area contributed by atoms with Crippen molar-refractivity contribution in [2.75, 3.05) is 13.7 Å². The van der Waals surface area contributed by atoms with Crippen LogP contribution in [0.4, 0.5) is 4.79 Å². The van der Waals surface area contributed by atoms with Crippen molar-refractivity contribution in [3.05, 3.63) is 35.4 Å². The summed E-state index contributed by atoms with van der Waals surface area (Å²) in [6, 6.07) is 7.12. The van der Waals surface area contributed by atoms with Crippen molar-refractivity contribution in [1.82, 2.24) is 5.32 Å². The topological polar surface area (TPSA) is 64.6 Å². The lowest BCUT2D eigenvalue weighted by molar-refractivity contribution is 0.0527. The highest BCUT2D eigenvalue weighted by Gasteiger charge is 2.15. The van der Waals surface area contributed by atoms with Gasteiger partial charge in [-0.3, -0.25) is 0 Å². The fourth-order valence-electron chi connectivity index (χ4n) is 1.59. The van der Waals surface area contributed by atoms with Crippen molar-refractivity contribution >= 4 is 12.1 Å². The maximum Gasteiger partial charge on any atom is 0.407 e. The van der Waals surface area contributed by atoms with Crippen LogP contribution in [0.5, 0.6) is 0 Å². The molecule has 0 aliphatic carbocycles. The quantitative estimate of drug-likeness (QED) is 0.860. The van der Waals surface area contributed by atoms with E-state index in [-0.39, 0.29) is 5.97 Å². The highest BCUT2D eigenvalue weighted by Crippen LogP contribution is 2.08. The number of carbonyl (C=O) groups is 2. The minimum atomic E-state index is -0.505. The minimum absolute atomic E-state index is 0.369. The molecule has 0 aliphatic rings. The van der Waals surface area contributed by atoms with Gasteiger partial charge in [0.25, 0.3) is 0 Å². The average Bonchev–Trinajstić information content (AvgIpc) is 2.36. The average molecular weight is 279 g/mol. The second-order valence-corrected chi connectivity index (χ2v) is 5.37. The van der Waals surface area contributed by atoms with Gasteiger partial charge in [-0.05, 0) is 44.9 Å². The molecule has 0 aromatic heterocycles. The zero-order chi connectivity index (χ0) is 15.2. The molecule has 1 amide bonds. The number of hydrogen-bond donors (Lipinski definition) is 1. The first-order valence-corrected chi connectivity index (χ1v) is 6.46. The molecule has 0 spiro atoms. The lowest BCUT2D eigenvalue weighted by Gasteiger charge is -2.19. The van der Waals surface area contributed by atoms with Gasteiger partial charge in [-0.2, -0.15) is 0 Å². The van der Waals surface area contributed by atoms with Crippen molar-refractivity contribution in [2.45, 2.75) is 32.8 Å². The number of benzene rings is 1. The van der Waals surface area contributed by atoms with Crippen LogP contribution in [0.25, 0.3) is 0 Å². The highest BCUT2D eigenvalue weighted by atomic mass is 16.6. The van der Waals surface area contributed by atoms with Gasteiger partial charge in [-0.25, -0.2) is 9.59 Å². The summed E-state index contributed by atoms with van der Waals surface area (Å²) in [5.74, 6) is -0.369. The van der Waals surface area contributed by atoms with Gasteiger partial charge in [-0.15, -0.1) is 0 Å². The Bertz CT molecular complexity index is 477. The first kappa shape index (κ1) is 16.0. The van der Waals surface area contributed by atoms with E-state index >= 15 is 0 Å². The van der Waals surface area contributed by atoms with E-state index in [1.807, 2.05) is 26.8 Å². The summed E-state index contributed by atoms with van der Waals surface area (Å²) in [4.78, 5) is 22.9. The van der Waals surface area contributed by atoms with E-state index in [0.717, 1.165) is 5.56 Å². The molecule has 0 heterocycles. The molecule has 0 saturated heterocycles. The Hall–Kier alpha value is -2.04. The van der Waals surface area contributed by atoms with E-state index in [4.69, 9.17) is 4.74 Å². The Balaban J connectivity index is 2.46. The molecule has 0 radical (unpaired) electrons. The third kappa shape index (κ3) is 5.73. The van der Waals surface area contributed by atoms with E-state index in [9.17, 15) is 9.59 Å². The summed E-state index contributed by atoms with van der Waals surface area (Å²) in [5, 5.41) is 2.67. The maximum absolute atomic E-state index is 11.5. The Morgan fingerprint density at radius 3 is 2.55 bits per heavy atom. The van der Waals surface area contributed by atoms with Gasteiger partial charge in [0.2, 0.25) is 0 Å². The van der Waals surface area contributed by atoms with Crippen LogP contribution in [-0.4, -0.2) is 31.3 Å². The normalized spacial score (nSPS) is 10.8. The zero-order valence-corrected chi connectivity index (χ0v) is 12.4. The summed E-state index contributed by atoms with van der Waals surface area (Å²) in [7, 11) is 1.35. The number of alkyl carbamates (subject to hydrolysis) is 1. The van der Waals surface area contributed by atoms with Crippen LogP contribution in [0.2, 0.25) is 0 Å². The summed E-state index contributed by atoms with van der Waals surface area (Å²) in [6.45, 7) is 5.88. The number of rotatable bonds is 4. The number of esters is 1. The fourth-order valence-corrected chi connectivity index (χ4v) is 1.59. The monoisotopic (exact) mass is 279 g/mol. The predicted octanol–water partition coefficient (Wildman–Crippen LogP) is 2.54. The molecule has 1 aromatic rings. The number of nitrogens with one attached hydrogen (secondary N) is 1. The molecule has 0 fully saturated rings. The SMILES string of the molecule is COC(=O)c1cccc(CCNC(=O)OC(C)(C)C)c1. The Morgan fingerprint density at radius 2 is 1.95 bits per heavy atom. The third-order valence-corrected chi connectivity index (χ3v) is 2.43. The van der Waals surface area contributed by atoms with Crippen LogP contribution in [0.1, 0.15) is 36.7 Å². The molecule has 0 saturated carbocycles. The first-order chi connectivity index (χ1) is 9.31. The molecule has 5 nitrogen and oxygen atoms in total. The van der Waals surface area contributed by atoms with Crippen LogP contribution in [-0.2, 0) is 15.9 Å². The van der Waals surface area contributed by atoms with Crippen LogP contribution < -0.4 is 5.32 Å². The number of amides is 1. The second-order valence-electron chi connectivity index (χ2n) is 5.37. The molecular weight excluding hydrogens is 258 g/mol. The van der Waals surface area contributed by atoms with Gasteiger partial charge in [0.05, 0.1) is 12.7 Å². The molecular formula is C15H21NO4. The molecule has 0 aliphatic heterocycles. The van der Waals surface area contributed by atoms with Crippen LogP contribution >= 0.6 is 0 Å². The molecule has 1 N–H and O–H groups in total. The molecule has 0 atom stereocenters. The summed E-state index contributed by atoms with van der Waals surface area (Å²) < 4.78 is 9.79. The Kier molecular flexibility index (Phi) is 5.55. The van der Waals surface area contributed by atoms with Crippen molar-refractivity contribution < 1.29 is 19.1 Å². The molecule has 5 heteroatoms. The largest absolute Gasteiger partial charge is 0.465 e.